The second kappa shape index (κ2) is 6.86. The molecule has 3 rings (SSSR count). The second-order valence-electron chi connectivity index (χ2n) is 6.91. The number of methoxy groups -OCH3 is 1. The number of hydrogen-bond donors (Lipinski definition) is 0. The van der Waals surface area contributed by atoms with E-state index in [2.05, 4.69) is 47.3 Å². The number of hydrogen-bond acceptors (Lipinski definition) is 6. The molecule has 1 atom stereocenters. The Labute approximate surface area is 142 Å². The summed E-state index contributed by atoms with van der Waals surface area (Å²) >= 11 is 0. The molecule has 2 heterocycles. The minimum Gasteiger partial charge on any atom is -0.496 e. The molecular formula is C17H25N5O2. The standard InChI is InChI=1S/C17H25N5O2/c1-17(2,3)22-16(18-19-20-22)15(21-9-11-24-12-10-21)13-7-5-6-8-14(13)23-4/h5-8,15H,9-12H2,1-4H3/t15-/m1/s1. The zero-order valence-electron chi connectivity index (χ0n) is 14.8. The first-order valence-electron chi connectivity index (χ1n) is 8.26. The van der Waals surface area contributed by atoms with Gasteiger partial charge < -0.3 is 9.47 Å². The summed E-state index contributed by atoms with van der Waals surface area (Å²) in [6.07, 6.45) is 0. The molecule has 1 aromatic heterocycles. The Morgan fingerprint density at radius 1 is 1.17 bits per heavy atom. The molecule has 7 heteroatoms. The molecule has 0 saturated carbocycles. The van der Waals surface area contributed by atoms with Crippen LogP contribution in [-0.4, -0.2) is 58.5 Å². The number of aromatic nitrogens is 4. The maximum Gasteiger partial charge on any atom is 0.173 e. The fourth-order valence-electron chi connectivity index (χ4n) is 3.07. The van der Waals surface area contributed by atoms with Crippen molar-refractivity contribution in [2.24, 2.45) is 0 Å². The third-order valence-corrected chi connectivity index (χ3v) is 4.22. The van der Waals surface area contributed by atoms with Crippen LogP contribution in [0, 0.1) is 0 Å². The van der Waals surface area contributed by atoms with Crippen LogP contribution in [0.2, 0.25) is 0 Å². The first-order chi connectivity index (χ1) is 11.5. The summed E-state index contributed by atoms with van der Waals surface area (Å²) in [5, 5.41) is 12.6. The number of nitrogens with zero attached hydrogens (tertiary/aromatic N) is 5. The summed E-state index contributed by atoms with van der Waals surface area (Å²) < 4.78 is 13.0. The van der Waals surface area contributed by atoms with Crippen molar-refractivity contribution >= 4 is 0 Å². The second-order valence-corrected chi connectivity index (χ2v) is 6.91. The molecule has 130 valence electrons. The summed E-state index contributed by atoms with van der Waals surface area (Å²) in [6.45, 7) is 9.40. The number of ether oxygens (including phenoxy) is 2. The Morgan fingerprint density at radius 2 is 1.88 bits per heavy atom. The van der Waals surface area contributed by atoms with Crippen LogP contribution in [0.25, 0.3) is 0 Å². The van der Waals surface area contributed by atoms with Crippen LogP contribution in [0.5, 0.6) is 5.75 Å². The van der Waals surface area contributed by atoms with Gasteiger partial charge in [0.25, 0.3) is 0 Å². The fraction of sp³-hybridized carbons (Fsp3) is 0.588. The van der Waals surface area contributed by atoms with Gasteiger partial charge in [-0.05, 0) is 37.3 Å². The zero-order valence-corrected chi connectivity index (χ0v) is 14.8. The molecule has 0 N–H and O–H groups in total. The molecule has 0 bridgehead atoms. The van der Waals surface area contributed by atoms with Gasteiger partial charge in [0, 0.05) is 18.7 Å². The largest absolute Gasteiger partial charge is 0.496 e. The lowest BCUT2D eigenvalue weighted by atomic mass is 10.0. The van der Waals surface area contributed by atoms with E-state index in [-0.39, 0.29) is 11.6 Å². The van der Waals surface area contributed by atoms with Crippen molar-refractivity contribution in [2.75, 3.05) is 33.4 Å². The van der Waals surface area contributed by atoms with Gasteiger partial charge >= 0.3 is 0 Å². The molecule has 0 aliphatic carbocycles. The topological polar surface area (TPSA) is 65.3 Å². The lowest BCUT2D eigenvalue weighted by Crippen LogP contribution is -2.41. The summed E-state index contributed by atoms with van der Waals surface area (Å²) in [5.41, 5.74) is 0.868. The highest BCUT2D eigenvalue weighted by Gasteiger charge is 2.33. The minimum absolute atomic E-state index is 0.0701. The van der Waals surface area contributed by atoms with E-state index in [9.17, 15) is 0 Å². The van der Waals surface area contributed by atoms with Gasteiger partial charge in [-0.1, -0.05) is 18.2 Å². The van der Waals surface area contributed by atoms with Crippen molar-refractivity contribution in [1.29, 1.82) is 0 Å². The van der Waals surface area contributed by atoms with E-state index in [1.807, 2.05) is 22.9 Å². The molecule has 1 saturated heterocycles. The maximum absolute atomic E-state index is 5.60. The highest BCUT2D eigenvalue weighted by atomic mass is 16.5. The van der Waals surface area contributed by atoms with Crippen molar-refractivity contribution in [3.8, 4) is 5.75 Å². The molecule has 7 nitrogen and oxygen atoms in total. The van der Waals surface area contributed by atoms with Crippen molar-refractivity contribution in [1.82, 2.24) is 25.1 Å². The number of benzene rings is 1. The monoisotopic (exact) mass is 331 g/mol. The van der Waals surface area contributed by atoms with Crippen LogP contribution in [0.4, 0.5) is 0 Å². The molecule has 1 aliphatic heterocycles. The van der Waals surface area contributed by atoms with Crippen molar-refractivity contribution in [3.63, 3.8) is 0 Å². The van der Waals surface area contributed by atoms with Gasteiger partial charge in [0.2, 0.25) is 0 Å². The predicted octanol–water partition coefficient (Wildman–Crippen LogP) is 1.86. The summed E-state index contributed by atoms with van der Waals surface area (Å²) in [4.78, 5) is 2.36. The predicted molar refractivity (Wildman–Crippen MR) is 90.0 cm³/mol. The quantitative estimate of drug-likeness (QED) is 0.852. The average molecular weight is 331 g/mol. The summed E-state index contributed by atoms with van der Waals surface area (Å²) in [7, 11) is 1.70. The molecule has 2 aromatic rings. The SMILES string of the molecule is COc1ccccc1[C@H](c1nnnn1C(C)(C)C)N1CCOCC1. The van der Waals surface area contributed by atoms with E-state index in [1.54, 1.807) is 7.11 Å². The van der Waals surface area contributed by atoms with Crippen molar-refractivity contribution < 1.29 is 9.47 Å². The van der Waals surface area contributed by atoms with E-state index < -0.39 is 0 Å². The van der Waals surface area contributed by atoms with Crippen LogP contribution in [-0.2, 0) is 10.3 Å². The van der Waals surface area contributed by atoms with Gasteiger partial charge in [0.15, 0.2) is 5.82 Å². The Bertz CT molecular complexity index is 674. The van der Waals surface area contributed by atoms with Gasteiger partial charge in [-0.15, -0.1) is 5.10 Å². The lowest BCUT2D eigenvalue weighted by molar-refractivity contribution is 0.0204. The summed E-state index contributed by atoms with van der Waals surface area (Å²) in [6, 6.07) is 8.00. The smallest absolute Gasteiger partial charge is 0.173 e. The van der Waals surface area contributed by atoms with Crippen molar-refractivity contribution in [3.05, 3.63) is 35.7 Å². The molecular weight excluding hydrogens is 306 g/mol. The Hall–Kier alpha value is -1.99. The average Bonchev–Trinajstić information content (AvgIpc) is 3.06. The molecule has 0 radical (unpaired) electrons. The molecule has 24 heavy (non-hydrogen) atoms. The first kappa shape index (κ1) is 16.9. The third kappa shape index (κ3) is 3.27. The first-order valence-corrected chi connectivity index (χ1v) is 8.26. The van der Waals surface area contributed by atoms with Crippen LogP contribution in [0.1, 0.15) is 38.2 Å². The number of rotatable bonds is 4. The van der Waals surface area contributed by atoms with E-state index in [0.29, 0.717) is 13.2 Å². The van der Waals surface area contributed by atoms with E-state index in [4.69, 9.17) is 9.47 Å². The lowest BCUT2D eigenvalue weighted by Gasteiger charge is -2.35. The molecule has 0 unspecified atom stereocenters. The van der Waals surface area contributed by atoms with Gasteiger partial charge in [-0.25, -0.2) is 4.68 Å². The molecule has 0 amide bonds. The van der Waals surface area contributed by atoms with Crippen molar-refractivity contribution in [2.45, 2.75) is 32.4 Å². The highest BCUT2D eigenvalue weighted by molar-refractivity contribution is 5.39. The van der Waals surface area contributed by atoms with Crippen LogP contribution >= 0.6 is 0 Å². The number of tetrazole rings is 1. The Kier molecular flexibility index (Phi) is 4.82. The van der Waals surface area contributed by atoms with Crippen LogP contribution in [0.3, 0.4) is 0 Å². The Balaban J connectivity index is 2.11. The fourth-order valence-corrected chi connectivity index (χ4v) is 3.07. The summed E-state index contributed by atoms with van der Waals surface area (Å²) in [5.74, 6) is 1.67. The molecule has 0 spiro atoms. The Morgan fingerprint density at radius 3 is 2.54 bits per heavy atom. The highest BCUT2D eigenvalue weighted by Crippen LogP contribution is 2.35. The van der Waals surface area contributed by atoms with E-state index in [1.165, 1.54) is 0 Å². The molecule has 1 aliphatic rings. The van der Waals surface area contributed by atoms with E-state index in [0.717, 1.165) is 30.2 Å². The van der Waals surface area contributed by atoms with E-state index >= 15 is 0 Å². The van der Waals surface area contributed by atoms with Gasteiger partial charge in [-0.3, -0.25) is 4.90 Å². The minimum atomic E-state index is -0.203. The maximum atomic E-state index is 5.60. The van der Waals surface area contributed by atoms with Crippen LogP contribution < -0.4 is 4.74 Å². The third-order valence-electron chi connectivity index (χ3n) is 4.22. The zero-order chi connectivity index (χ0) is 17.2. The van der Waals surface area contributed by atoms with Crippen LogP contribution in [0.15, 0.2) is 24.3 Å². The van der Waals surface area contributed by atoms with Gasteiger partial charge in [-0.2, -0.15) is 0 Å². The van der Waals surface area contributed by atoms with Gasteiger partial charge in [0.05, 0.1) is 25.9 Å². The number of morpholine rings is 1. The number of para-hydroxylation sites is 1. The molecule has 1 aromatic carbocycles. The normalized spacial score (nSPS) is 17.7. The van der Waals surface area contributed by atoms with Gasteiger partial charge in [0.1, 0.15) is 11.8 Å². The molecule has 1 fully saturated rings.